The number of aromatic hydroxyl groups is 1. The zero-order valence-electron chi connectivity index (χ0n) is 17.0. The van der Waals surface area contributed by atoms with Crippen LogP contribution < -0.4 is 14.8 Å². The van der Waals surface area contributed by atoms with Crippen LogP contribution >= 0.6 is 44.5 Å². The topological polar surface area (TPSA) is 103 Å². The molecule has 2 N–H and O–H groups in total. The number of phenols is 1. The van der Waals surface area contributed by atoms with Crippen molar-refractivity contribution in [3.8, 4) is 17.2 Å². The first kappa shape index (κ1) is 24.5. The first-order valence-corrected chi connectivity index (χ1v) is 11.8. The number of benzene rings is 2. The summed E-state index contributed by atoms with van der Waals surface area (Å²) in [7, 11) is 0. The maximum absolute atomic E-state index is 12.7. The minimum Gasteiger partial charge on any atom is -0.506 e. The largest absolute Gasteiger partial charge is 0.506 e. The molecule has 172 valence electrons. The van der Waals surface area contributed by atoms with Gasteiger partial charge in [-0.1, -0.05) is 22.9 Å². The SMILES string of the molecule is C[C@@H](CCOC(=O)CS)[C@@H](OC(=O)Nc1ccc2c(c1)OCO2)c1cc(Br)cc(Br)c1O. The van der Waals surface area contributed by atoms with Crippen molar-refractivity contribution in [2.45, 2.75) is 19.4 Å². The van der Waals surface area contributed by atoms with Gasteiger partial charge < -0.3 is 24.1 Å². The third-order valence-electron chi connectivity index (χ3n) is 4.70. The van der Waals surface area contributed by atoms with Gasteiger partial charge in [-0.15, -0.1) is 0 Å². The minimum atomic E-state index is -0.826. The average molecular weight is 591 g/mol. The highest BCUT2D eigenvalue weighted by Gasteiger charge is 2.28. The Balaban J connectivity index is 1.77. The molecule has 2 aromatic rings. The summed E-state index contributed by atoms with van der Waals surface area (Å²) in [6, 6.07) is 8.34. The summed E-state index contributed by atoms with van der Waals surface area (Å²) >= 11 is 10.6. The Morgan fingerprint density at radius 3 is 2.72 bits per heavy atom. The minimum absolute atomic E-state index is 0.0222. The number of carbonyl (C=O) groups excluding carboxylic acids is 2. The molecule has 1 aliphatic heterocycles. The maximum atomic E-state index is 12.7. The standard InChI is InChI=1S/C21H21Br2NO7S/c1-11(4-5-28-18(25)9-32)20(14-6-12(22)7-15(23)19(14)26)31-21(27)24-13-2-3-16-17(8-13)30-10-29-16/h2-3,6-8,11,20,26,32H,4-5,9-10H2,1H3,(H,24,27)/t11-,20+/m0/s1. The van der Waals surface area contributed by atoms with Crippen LogP contribution in [0.4, 0.5) is 10.5 Å². The molecule has 32 heavy (non-hydrogen) atoms. The third kappa shape index (κ3) is 6.23. The summed E-state index contributed by atoms with van der Waals surface area (Å²) in [6.45, 7) is 2.08. The van der Waals surface area contributed by atoms with E-state index in [1.54, 1.807) is 30.3 Å². The molecule has 3 rings (SSSR count). The zero-order chi connectivity index (χ0) is 23.3. The van der Waals surface area contributed by atoms with E-state index in [9.17, 15) is 14.7 Å². The molecule has 0 saturated carbocycles. The Morgan fingerprint density at radius 1 is 1.22 bits per heavy atom. The first-order chi connectivity index (χ1) is 15.3. The Hall–Kier alpha value is -2.11. The summed E-state index contributed by atoms with van der Waals surface area (Å²) in [6.07, 6.45) is -1.15. The fourth-order valence-electron chi connectivity index (χ4n) is 3.08. The lowest BCUT2D eigenvalue weighted by Crippen LogP contribution is -2.23. The monoisotopic (exact) mass is 589 g/mol. The molecule has 0 saturated heterocycles. The van der Waals surface area contributed by atoms with Crippen molar-refractivity contribution in [3.05, 3.63) is 44.8 Å². The van der Waals surface area contributed by atoms with Gasteiger partial charge in [-0.2, -0.15) is 12.6 Å². The van der Waals surface area contributed by atoms with Crippen LogP contribution in [0.25, 0.3) is 0 Å². The van der Waals surface area contributed by atoms with Gasteiger partial charge in [0.05, 0.1) is 16.8 Å². The van der Waals surface area contributed by atoms with E-state index in [0.29, 0.717) is 38.1 Å². The molecule has 0 bridgehead atoms. The lowest BCUT2D eigenvalue weighted by Gasteiger charge is -2.26. The number of nitrogens with one attached hydrogen (secondary N) is 1. The number of carbonyl (C=O) groups is 2. The average Bonchev–Trinajstić information content (AvgIpc) is 3.22. The van der Waals surface area contributed by atoms with E-state index in [1.165, 1.54) is 0 Å². The van der Waals surface area contributed by atoms with Crippen molar-refractivity contribution in [1.82, 2.24) is 0 Å². The second kappa shape index (κ2) is 11.2. The van der Waals surface area contributed by atoms with Crippen molar-refractivity contribution in [2.24, 2.45) is 5.92 Å². The highest BCUT2D eigenvalue weighted by atomic mass is 79.9. The van der Waals surface area contributed by atoms with Crippen molar-refractivity contribution < 1.29 is 33.6 Å². The molecule has 0 aromatic heterocycles. The van der Waals surface area contributed by atoms with Gasteiger partial charge in [0.1, 0.15) is 11.9 Å². The van der Waals surface area contributed by atoms with Crippen LogP contribution in [0, 0.1) is 5.92 Å². The molecule has 0 radical (unpaired) electrons. The number of hydrogen-bond acceptors (Lipinski definition) is 8. The molecule has 2 aromatic carbocycles. The molecule has 11 heteroatoms. The number of amides is 1. The van der Waals surface area contributed by atoms with Crippen molar-refractivity contribution in [1.29, 1.82) is 0 Å². The third-order valence-corrected chi connectivity index (χ3v) is 6.02. The van der Waals surface area contributed by atoms with E-state index >= 15 is 0 Å². The van der Waals surface area contributed by atoms with Crippen LogP contribution in [0.3, 0.4) is 0 Å². The normalized spacial score (nSPS) is 13.9. The predicted octanol–water partition coefficient (Wildman–Crippen LogP) is 5.43. The first-order valence-electron chi connectivity index (χ1n) is 9.60. The van der Waals surface area contributed by atoms with Crippen LogP contribution in [0.1, 0.15) is 25.0 Å². The number of rotatable bonds is 8. The molecule has 1 aliphatic rings. The molecule has 1 heterocycles. The van der Waals surface area contributed by atoms with Crippen LogP contribution in [0.15, 0.2) is 39.3 Å². The van der Waals surface area contributed by atoms with Crippen LogP contribution in [-0.2, 0) is 14.3 Å². The number of thiol groups is 1. The van der Waals surface area contributed by atoms with Gasteiger partial charge in [-0.25, -0.2) is 4.79 Å². The molecule has 2 atom stereocenters. The van der Waals surface area contributed by atoms with Crippen LogP contribution in [0.2, 0.25) is 0 Å². The number of fused-ring (bicyclic) bond motifs is 1. The van der Waals surface area contributed by atoms with Crippen molar-refractivity contribution in [3.63, 3.8) is 0 Å². The number of ether oxygens (including phenoxy) is 4. The van der Waals surface area contributed by atoms with Gasteiger partial charge in [0, 0.05) is 27.7 Å². The van der Waals surface area contributed by atoms with Gasteiger partial charge in [-0.3, -0.25) is 10.1 Å². The lowest BCUT2D eigenvalue weighted by molar-refractivity contribution is -0.141. The number of hydrogen-bond donors (Lipinski definition) is 3. The van der Waals surface area contributed by atoms with Crippen LogP contribution in [-0.4, -0.2) is 36.3 Å². The van der Waals surface area contributed by atoms with E-state index in [0.717, 1.165) is 0 Å². The molecule has 8 nitrogen and oxygen atoms in total. The van der Waals surface area contributed by atoms with E-state index in [1.807, 2.05) is 6.92 Å². The fraction of sp³-hybridized carbons (Fsp3) is 0.333. The molecule has 0 aliphatic carbocycles. The Kier molecular flexibility index (Phi) is 8.55. The van der Waals surface area contributed by atoms with E-state index in [4.69, 9.17) is 18.9 Å². The zero-order valence-corrected chi connectivity index (χ0v) is 21.0. The van der Waals surface area contributed by atoms with E-state index < -0.39 is 18.2 Å². The Labute approximate surface area is 207 Å². The fourth-order valence-corrected chi connectivity index (χ4v) is 4.43. The molecule has 1 amide bonds. The van der Waals surface area contributed by atoms with E-state index in [-0.39, 0.29) is 30.8 Å². The Morgan fingerprint density at radius 2 is 1.97 bits per heavy atom. The van der Waals surface area contributed by atoms with Crippen LogP contribution in [0.5, 0.6) is 17.2 Å². The highest BCUT2D eigenvalue weighted by molar-refractivity contribution is 9.11. The molecule has 0 spiro atoms. The number of esters is 1. The second-order valence-corrected chi connectivity index (χ2v) is 9.08. The summed E-state index contributed by atoms with van der Waals surface area (Å²) in [4.78, 5) is 24.1. The second-order valence-electron chi connectivity index (χ2n) is 6.99. The summed E-state index contributed by atoms with van der Waals surface area (Å²) in [5, 5.41) is 13.3. The van der Waals surface area contributed by atoms with Gasteiger partial charge in [0.25, 0.3) is 0 Å². The van der Waals surface area contributed by atoms with Crippen molar-refractivity contribution in [2.75, 3.05) is 24.5 Å². The summed E-state index contributed by atoms with van der Waals surface area (Å²) in [5.41, 5.74) is 0.869. The lowest BCUT2D eigenvalue weighted by atomic mass is 9.94. The van der Waals surface area contributed by atoms with Gasteiger partial charge >= 0.3 is 12.1 Å². The van der Waals surface area contributed by atoms with E-state index in [2.05, 4.69) is 49.8 Å². The predicted molar refractivity (Wildman–Crippen MR) is 128 cm³/mol. The smallest absolute Gasteiger partial charge is 0.412 e. The summed E-state index contributed by atoms with van der Waals surface area (Å²) in [5.74, 6) is 0.311. The van der Waals surface area contributed by atoms with Gasteiger partial charge in [0.2, 0.25) is 6.79 Å². The maximum Gasteiger partial charge on any atom is 0.412 e. The highest BCUT2D eigenvalue weighted by Crippen LogP contribution is 2.41. The Bertz CT molecular complexity index is 1000. The number of phenolic OH excluding ortho intramolecular Hbond substituents is 1. The van der Waals surface area contributed by atoms with Crippen molar-refractivity contribution >= 4 is 62.2 Å². The van der Waals surface area contributed by atoms with Gasteiger partial charge in [0.15, 0.2) is 11.5 Å². The molecule has 0 fully saturated rings. The molecular weight excluding hydrogens is 570 g/mol. The van der Waals surface area contributed by atoms with Gasteiger partial charge in [-0.05, 0) is 46.6 Å². The number of halogens is 2. The molecule has 0 unspecified atom stereocenters. The summed E-state index contributed by atoms with van der Waals surface area (Å²) < 4.78 is 22.5. The number of anilines is 1. The quantitative estimate of drug-likeness (QED) is 0.278. The molecular formula is C21H21Br2NO7S.